The number of carbonyl (C=O) groups excluding carboxylic acids is 3. The molecule has 0 aromatic heterocycles. The van der Waals surface area contributed by atoms with Crippen LogP contribution < -0.4 is 16.0 Å². The summed E-state index contributed by atoms with van der Waals surface area (Å²) in [6, 6.07) is 9.11. The van der Waals surface area contributed by atoms with Crippen LogP contribution in [0.1, 0.15) is 45.6 Å². The minimum absolute atomic E-state index is 0.0136. The van der Waals surface area contributed by atoms with E-state index in [9.17, 15) is 14.4 Å². The first kappa shape index (κ1) is 18.0. The summed E-state index contributed by atoms with van der Waals surface area (Å²) in [4.78, 5) is 34.5. The van der Waals surface area contributed by atoms with E-state index in [1.54, 1.807) is 0 Å². The van der Waals surface area contributed by atoms with Gasteiger partial charge in [0, 0.05) is 12.5 Å². The van der Waals surface area contributed by atoms with Gasteiger partial charge in [-0.05, 0) is 30.7 Å². The fourth-order valence-electron chi connectivity index (χ4n) is 3.11. The van der Waals surface area contributed by atoms with Gasteiger partial charge >= 0.3 is 6.03 Å². The van der Waals surface area contributed by atoms with Crippen molar-refractivity contribution in [2.75, 3.05) is 0 Å². The molecule has 0 aliphatic carbocycles. The minimum atomic E-state index is -0.612. The molecular weight excluding hydrogens is 306 g/mol. The van der Waals surface area contributed by atoms with Crippen molar-refractivity contribution in [3.05, 3.63) is 35.9 Å². The Morgan fingerprint density at radius 3 is 2.50 bits per heavy atom. The zero-order valence-electron chi connectivity index (χ0n) is 14.4. The van der Waals surface area contributed by atoms with Crippen LogP contribution in [0.15, 0.2) is 30.3 Å². The standard InChI is InChI=1S/C18H25N3O3/c1-12(11-18(2,3)13-7-5-4-6-8-13)19-15(22)10-9-14-16(23)21-17(24)20-14/h4-8,12,14H,9-11H2,1-3H3,(H,19,22)(H2,20,21,23,24)/t12-,14-/m0/s1. The molecule has 1 aromatic carbocycles. The van der Waals surface area contributed by atoms with E-state index in [1.807, 2.05) is 25.1 Å². The van der Waals surface area contributed by atoms with E-state index in [1.165, 1.54) is 5.56 Å². The van der Waals surface area contributed by atoms with Gasteiger partial charge in [0.2, 0.25) is 5.91 Å². The number of amides is 4. The molecule has 0 spiro atoms. The molecule has 1 aromatic rings. The summed E-state index contributed by atoms with van der Waals surface area (Å²) in [6.07, 6.45) is 1.32. The lowest BCUT2D eigenvalue weighted by Crippen LogP contribution is -2.38. The van der Waals surface area contributed by atoms with Gasteiger partial charge in [-0.2, -0.15) is 0 Å². The highest BCUT2D eigenvalue weighted by Gasteiger charge is 2.30. The van der Waals surface area contributed by atoms with Crippen molar-refractivity contribution in [1.82, 2.24) is 16.0 Å². The van der Waals surface area contributed by atoms with Crippen molar-refractivity contribution in [1.29, 1.82) is 0 Å². The van der Waals surface area contributed by atoms with Gasteiger partial charge in [-0.25, -0.2) is 4.79 Å². The Kier molecular flexibility index (Phi) is 5.59. The fourth-order valence-corrected chi connectivity index (χ4v) is 3.11. The third-order valence-corrected chi connectivity index (χ3v) is 4.30. The Labute approximate surface area is 142 Å². The minimum Gasteiger partial charge on any atom is -0.354 e. The molecule has 1 aliphatic rings. The van der Waals surface area contributed by atoms with Crippen LogP contribution in [0.4, 0.5) is 4.79 Å². The van der Waals surface area contributed by atoms with E-state index >= 15 is 0 Å². The molecule has 1 saturated heterocycles. The number of rotatable bonds is 7. The van der Waals surface area contributed by atoms with Gasteiger partial charge in [0.15, 0.2) is 0 Å². The van der Waals surface area contributed by atoms with E-state index in [-0.39, 0.29) is 29.7 Å². The summed E-state index contributed by atoms with van der Waals surface area (Å²) in [5.41, 5.74) is 1.18. The highest BCUT2D eigenvalue weighted by atomic mass is 16.2. The van der Waals surface area contributed by atoms with Crippen molar-refractivity contribution in [3.8, 4) is 0 Å². The van der Waals surface area contributed by atoms with Crippen molar-refractivity contribution in [2.24, 2.45) is 0 Å². The predicted molar refractivity (Wildman–Crippen MR) is 91.4 cm³/mol. The zero-order valence-corrected chi connectivity index (χ0v) is 14.4. The molecular formula is C18H25N3O3. The van der Waals surface area contributed by atoms with Crippen LogP contribution in [0.3, 0.4) is 0 Å². The number of hydrogen-bond acceptors (Lipinski definition) is 3. The molecule has 2 rings (SSSR count). The first-order valence-corrected chi connectivity index (χ1v) is 8.24. The second kappa shape index (κ2) is 7.47. The molecule has 0 saturated carbocycles. The van der Waals surface area contributed by atoms with Crippen molar-refractivity contribution < 1.29 is 14.4 Å². The molecule has 0 radical (unpaired) electrons. The maximum atomic E-state index is 12.1. The Balaban J connectivity index is 1.79. The summed E-state index contributed by atoms with van der Waals surface area (Å²) in [7, 11) is 0. The second-order valence-corrected chi connectivity index (χ2v) is 6.98. The van der Waals surface area contributed by atoms with Gasteiger partial charge in [-0.1, -0.05) is 44.2 Å². The SMILES string of the molecule is C[C@@H](CC(C)(C)c1ccccc1)NC(=O)CC[C@@H]1NC(=O)NC1=O. The normalized spacial score (nSPS) is 18.7. The number of hydrogen-bond donors (Lipinski definition) is 3. The lowest BCUT2D eigenvalue weighted by Gasteiger charge is -2.29. The van der Waals surface area contributed by atoms with E-state index in [0.717, 1.165) is 6.42 Å². The maximum absolute atomic E-state index is 12.1. The van der Waals surface area contributed by atoms with Gasteiger partial charge in [-0.15, -0.1) is 0 Å². The summed E-state index contributed by atoms with van der Waals surface area (Å²) < 4.78 is 0. The first-order chi connectivity index (χ1) is 11.3. The average Bonchev–Trinajstić information content (AvgIpc) is 2.83. The van der Waals surface area contributed by atoms with Crippen molar-refractivity contribution in [3.63, 3.8) is 0 Å². The number of carbonyl (C=O) groups is 3. The topological polar surface area (TPSA) is 87.3 Å². The smallest absolute Gasteiger partial charge is 0.322 e. The summed E-state index contributed by atoms with van der Waals surface area (Å²) >= 11 is 0. The Bertz CT molecular complexity index is 613. The molecule has 2 atom stereocenters. The van der Waals surface area contributed by atoms with Crippen LogP contribution in [-0.4, -0.2) is 29.9 Å². The largest absolute Gasteiger partial charge is 0.354 e. The fraction of sp³-hybridized carbons (Fsp3) is 0.500. The molecule has 1 aliphatic heterocycles. The molecule has 3 N–H and O–H groups in total. The van der Waals surface area contributed by atoms with Crippen LogP contribution in [0, 0.1) is 0 Å². The van der Waals surface area contributed by atoms with Gasteiger partial charge in [0.1, 0.15) is 6.04 Å². The van der Waals surface area contributed by atoms with E-state index in [2.05, 4.69) is 41.9 Å². The lowest BCUT2D eigenvalue weighted by molar-refractivity contribution is -0.122. The number of imide groups is 1. The van der Waals surface area contributed by atoms with Crippen molar-refractivity contribution >= 4 is 17.8 Å². The monoisotopic (exact) mass is 331 g/mol. The van der Waals surface area contributed by atoms with Gasteiger partial charge in [0.05, 0.1) is 0 Å². The van der Waals surface area contributed by atoms with E-state index < -0.39 is 12.1 Å². The molecule has 0 bridgehead atoms. The Morgan fingerprint density at radius 1 is 1.25 bits per heavy atom. The third kappa shape index (κ3) is 4.81. The Hall–Kier alpha value is -2.37. The molecule has 6 heteroatoms. The highest BCUT2D eigenvalue weighted by Crippen LogP contribution is 2.28. The van der Waals surface area contributed by atoms with Gasteiger partial charge in [-0.3, -0.25) is 14.9 Å². The summed E-state index contributed by atoms with van der Waals surface area (Å²) in [5.74, 6) is -0.480. The molecule has 130 valence electrons. The molecule has 4 amide bonds. The van der Waals surface area contributed by atoms with Crippen LogP contribution in [0.25, 0.3) is 0 Å². The molecule has 1 fully saturated rings. The van der Waals surface area contributed by atoms with Crippen LogP contribution >= 0.6 is 0 Å². The lowest BCUT2D eigenvalue weighted by atomic mass is 9.79. The highest BCUT2D eigenvalue weighted by molar-refractivity contribution is 6.04. The van der Waals surface area contributed by atoms with Gasteiger partial charge < -0.3 is 10.6 Å². The summed E-state index contributed by atoms with van der Waals surface area (Å²) in [5, 5.41) is 7.62. The van der Waals surface area contributed by atoms with E-state index in [4.69, 9.17) is 0 Å². The van der Waals surface area contributed by atoms with Crippen molar-refractivity contribution in [2.45, 2.75) is 57.5 Å². The van der Waals surface area contributed by atoms with E-state index in [0.29, 0.717) is 6.42 Å². The Morgan fingerprint density at radius 2 is 1.92 bits per heavy atom. The van der Waals surface area contributed by atoms with Gasteiger partial charge in [0.25, 0.3) is 5.91 Å². The second-order valence-electron chi connectivity index (χ2n) is 6.98. The molecule has 6 nitrogen and oxygen atoms in total. The van der Waals surface area contributed by atoms with Crippen LogP contribution in [0.2, 0.25) is 0 Å². The molecule has 1 heterocycles. The number of urea groups is 1. The zero-order chi connectivity index (χ0) is 17.7. The predicted octanol–water partition coefficient (Wildman–Crippen LogP) is 1.85. The quantitative estimate of drug-likeness (QED) is 0.666. The van der Waals surface area contributed by atoms with Crippen LogP contribution in [0.5, 0.6) is 0 Å². The number of nitrogens with one attached hydrogen (secondary N) is 3. The number of benzene rings is 1. The maximum Gasteiger partial charge on any atom is 0.322 e. The average molecular weight is 331 g/mol. The summed E-state index contributed by atoms with van der Waals surface area (Å²) in [6.45, 7) is 6.29. The molecule has 24 heavy (non-hydrogen) atoms. The third-order valence-electron chi connectivity index (χ3n) is 4.30. The first-order valence-electron chi connectivity index (χ1n) is 8.24. The van der Waals surface area contributed by atoms with Crippen LogP contribution in [-0.2, 0) is 15.0 Å². The molecule has 0 unspecified atom stereocenters.